The molecule has 0 aromatic rings. The molecule has 2 saturated heterocycles. The summed E-state index contributed by atoms with van der Waals surface area (Å²) in [5.41, 5.74) is 0. The summed E-state index contributed by atoms with van der Waals surface area (Å²) in [4.78, 5) is 38.3. The van der Waals surface area contributed by atoms with Gasteiger partial charge in [0.25, 0.3) is 0 Å². The molecule has 3 amide bonds. The standard InChI is InChI=1S/C14H23N3O4/c1-10-8-11(13(19)20)4-7-17(10)14(21)15-9-12(18)16-5-2-3-6-16/h10-11H,2-9H2,1H3,(H,15,21)(H,19,20). The van der Waals surface area contributed by atoms with Crippen molar-refractivity contribution in [3.63, 3.8) is 0 Å². The van der Waals surface area contributed by atoms with Gasteiger partial charge in [0.2, 0.25) is 5.91 Å². The number of carbonyl (C=O) groups excluding carboxylic acids is 2. The summed E-state index contributed by atoms with van der Waals surface area (Å²) in [6.07, 6.45) is 2.98. The number of amides is 3. The first-order chi connectivity index (χ1) is 9.99. The highest BCUT2D eigenvalue weighted by Gasteiger charge is 2.32. The Morgan fingerprint density at radius 2 is 1.86 bits per heavy atom. The van der Waals surface area contributed by atoms with Gasteiger partial charge >= 0.3 is 12.0 Å². The predicted octanol–water partition coefficient (Wildman–Crippen LogP) is 0.504. The highest BCUT2D eigenvalue weighted by Crippen LogP contribution is 2.22. The average Bonchev–Trinajstić information content (AvgIpc) is 2.98. The number of hydrogen-bond acceptors (Lipinski definition) is 3. The Morgan fingerprint density at radius 3 is 2.43 bits per heavy atom. The Kier molecular flexibility index (Phi) is 5.03. The molecule has 2 atom stereocenters. The van der Waals surface area contributed by atoms with E-state index >= 15 is 0 Å². The molecule has 2 rings (SSSR count). The summed E-state index contributed by atoms with van der Waals surface area (Å²) in [6, 6.07) is -0.402. The molecule has 0 aromatic heterocycles. The lowest BCUT2D eigenvalue weighted by Crippen LogP contribution is -2.51. The van der Waals surface area contributed by atoms with Crippen molar-refractivity contribution in [2.24, 2.45) is 5.92 Å². The molecule has 2 fully saturated rings. The molecule has 118 valence electrons. The van der Waals surface area contributed by atoms with E-state index in [1.807, 2.05) is 6.92 Å². The highest BCUT2D eigenvalue weighted by molar-refractivity contribution is 5.84. The van der Waals surface area contributed by atoms with Crippen LogP contribution in [0.15, 0.2) is 0 Å². The third-order valence-electron chi connectivity index (χ3n) is 4.34. The quantitative estimate of drug-likeness (QED) is 0.794. The Hall–Kier alpha value is -1.79. The average molecular weight is 297 g/mol. The summed E-state index contributed by atoms with van der Waals surface area (Å²) in [7, 11) is 0. The Morgan fingerprint density at radius 1 is 1.19 bits per heavy atom. The minimum Gasteiger partial charge on any atom is -0.481 e. The molecule has 0 bridgehead atoms. The van der Waals surface area contributed by atoms with E-state index in [0.29, 0.717) is 19.4 Å². The highest BCUT2D eigenvalue weighted by atomic mass is 16.4. The number of piperidine rings is 1. The van der Waals surface area contributed by atoms with E-state index in [0.717, 1.165) is 25.9 Å². The maximum atomic E-state index is 12.1. The van der Waals surface area contributed by atoms with Crippen LogP contribution in [0.4, 0.5) is 4.79 Å². The van der Waals surface area contributed by atoms with Crippen LogP contribution >= 0.6 is 0 Å². The van der Waals surface area contributed by atoms with Gasteiger partial charge in [0.05, 0.1) is 12.5 Å². The topological polar surface area (TPSA) is 90.0 Å². The van der Waals surface area contributed by atoms with Crippen molar-refractivity contribution in [2.75, 3.05) is 26.2 Å². The third kappa shape index (κ3) is 3.86. The number of carboxylic acid groups (broad SMARTS) is 1. The number of urea groups is 1. The Labute approximate surface area is 124 Å². The molecule has 7 nitrogen and oxygen atoms in total. The van der Waals surface area contributed by atoms with Gasteiger partial charge in [0, 0.05) is 25.7 Å². The van der Waals surface area contributed by atoms with E-state index in [2.05, 4.69) is 5.32 Å². The number of rotatable bonds is 3. The zero-order valence-electron chi connectivity index (χ0n) is 12.4. The second kappa shape index (κ2) is 6.78. The lowest BCUT2D eigenvalue weighted by Gasteiger charge is -2.36. The van der Waals surface area contributed by atoms with Gasteiger partial charge < -0.3 is 20.2 Å². The summed E-state index contributed by atoms with van der Waals surface area (Å²) in [5, 5.41) is 11.7. The van der Waals surface area contributed by atoms with Gasteiger partial charge in [-0.15, -0.1) is 0 Å². The minimum absolute atomic E-state index is 0.0183. The lowest BCUT2D eigenvalue weighted by molar-refractivity contribution is -0.143. The molecule has 2 aliphatic heterocycles. The molecule has 0 aromatic carbocycles. The zero-order valence-corrected chi connectivity index (χ0v) is 12.4. The fraction of sp³-hybridized carbons (Fsp3) is 0.786. The van der Waals surface area contributed by atoms with Crippen molar-refractivity contribution in [3.8, 4) is 0 Å². The minimum atomic E-state index is -0.800. The van der Waals surface area contributed by atoms with E-state index in [-0.39, 0.29) is 30.4 Å². The number of likely N-dealkylation sites (tertiary alicyclic amines) is 2. The molecule has 0 radical (unpaired) electrons. The summed E-state index contributed by atoms with van der Waals surface area (Å²) in [5.74, 6) is -1.23. The molecular weight excluding hydrogens is 274 g/mol. The largest absolute Gasteiger partial charge is 0.481 e. The van der Waals surface area contributed by atoms with Crippen LogP contribution in [0, 0.1) is 5.92 Å². The molecule has 2 unspecified atom stereocenters. The second-order valence-electron chi connectivity index (χ2n) is 5.85. The number of aliphatic carboxylic acids is 1. The Balaban J connectivity index is 1.78. The van der Waals surface area contributed by atoms with Gasteiger partial charge in [0.1, 0.15) is 0 Å². The molecule has 2 heterocycles. The van der Waals surface area contributed by atoms with Crippen LogP contribution in [0.3, 0.4) is 0 Å². The summed E-state index contributed by atoms with van der Waals surface area (Å²) >= 11 is 0. The van der Waals surface area contributed by atoms with Gasteiger partial charge in [-0.05, 0) is 32.6 Å². The van der Waals surface area contributed by atoms with Crippen LogP contribution in [0.1, 0.15) is 32.6 Å². The van der Waals surface area contributed by atoms with Crippen LogP contribution in [0.25, 0.3) is 0 Å². The third-order valence-corrected chi connectivity index (χ3v) is 4.34. The Bertz CT molecular complexity index is 420. The van der Waals surface area contributed by atoms with Crippen molar-refractivity contribution < 1.29 is 19.5 Å². The van der Waals surface area contributed by atoms with E-state index in [4.69, 9.17) is 5.11 Å². The molecule has 21 heavy (non-hydrogen) atoms. The second-order valence-corrected chi connectivity index (χ2v) is 5.85. The van der Waals surface area contributed by atoms with Crippen molar-refractivity contribution >= 4 is 17.9 Å². The van der Waals surface area contributed by atoms with Gasteiger partial charge in [0.15, 0.2) is 0 Å². The van der Waals surface area contributed by atoms with E-state index in [1.165, 1.54) is 0 Å². The monoisotopic (exact) mass is 297 g/mol. The lowest BCUT2D eigenvalue weighted by atomic mass is 9.92. The van der Waals surface area contributed by atoms with Crippen LogP contribution in [-0.2, 0) is 9.59 Å². The first kappa shape index (κ1) is 15.6. The van der Waals surface area contributed by atoms with Crippen LogP contribution in [0.2, 0.25) is 0 Å². The first-order valence-electron chi connectivity index (χ1n) is 7.54. The number of carboxylic acids is 1. The van der Waals surface area contributed by atoms with Crippen LogP contribution < -0.4 is 5.32 Å². The molecule has 0 spiro atoms. The van der Waals surface area contributed by atoms with Crippen molar-refractivity contribution in [2.45, 2.75) is 38.6 Å². The maximum Gasteiger partial charge on any atom is 0.318 e. The van der Waals surface area contributed by atoms with Gasteiger partial charge in [-0.1, -0.05) is 0 Å². The molecule has 0 saturated carbocycles. The SMILES string of the molecule is CC1CC(C(=O)O)CCN1C(=O)NCC(=O)N1CCCC1. The smallest absolute Gasteiger partial charge is 0.318 e. The number of hydrogen-bond donors (Lipinski definition) is 2. The maximum absolute atomic E-state index is 12.1. The van der Waals surface area contributed by atoms with E-state index < -0.39 is 5.97 Å². The predicted molar refractivity (Wildman–Crippen MR) is 75.7 cm³/mol. The zero-order chi connectivity index (χ0) is 15.4. The summed E-state index contributed by atoms with van der Waals surface area (Å²) in [6.45, 7) is 3.83. The van der Waals surface area contributed by atoms with Gasteiger partial charge in [-0.3, -0.25) is 9.59 Å². The molecule has 2 N–H and O–H groups in total. The van der Waals surface area contributed by atoms with Gasteiger partial charge in [-0.2, -0.15) is 0 Å². The van der Waals surface area contributed by atoms with Crippen LogP contribution in [0.5, 0.6) is 0 Å². The van der Waals surface area contributed by atoms with E-state index in [9.17, 15) is 14.4 Å². The molecule has 7 heteroatoms. The fourth-order valence-electron chi connectivity index (χ4n) is 3.03. The normalized spacial score (nSPS) is 25.8. The fourth-order valence-corrected chi connectivity index (χ4v) is 3.03. The van der Waals surface area contributed by atoms with Crippen molar-refractivity contribution in [3.05, 3.63) is 0 Å². The number of carbonyl (C=O) groups is 3. The molecular formula is C14H23N3O4. The van der Waals surface area contributed by atoms with Gasteiger partial charge in [-0.25, -0.2) is 4.79 Å². The molecule has 2 aliphatic rings. The van der Waals surface area contributed by atoms with Crippen molar-refractivity contribution in [1.29, 1.82) is 0 Å². The number of nitrogens with zero attached hydrogens (tertiary/aromatic N) is 2. The number of nitrogens with one attached hydrogen (secondary N) is 1. The van der Waals surface area contributed by atoms with Crippen LogP contribution in [-0.4, -0.2) is 65.0 Å². The molecule has 0 aliphatic carbocycles. The summed E-state index contributed by atoms with van der Waals surface area (Å²) < 4.78 is 0. The van der Waals surface area contributed by atoms with E-state index in [1.54, 1.807) is 9.80 Å². The van der Waals surface area contributed by atoms with Crippen molar-refractivity contribution in [1.82, 2.24) is 15.1 Å². The first-order valence-corrected chi connectivity index (χ1v) is 7.54.